The van der Waals surface area contributed by atoms with Crippen molar-refractivity contribution in [2.24, 2.45) is 0 Å². The van der Waals surface area contributed by atoms with Crippen molar-refractivity contribution < 1.29 is 9.59 Å². The van der Waals surface area contributed by atoms with Gasteiger partial charge in [0.1, 0.15) is 11.9 Å². The number of carbonyl (C=O) groups excluding carboxylic acids is 2. The number of halogens is 2. The number of H-pyrrole nitrogens is 1. The lowest BCUT2D eigenvalue weighted by Crippen LogP contribution is -2.44. The summed E-state index contributed by atoms with van der Waals surface area (Å²) >= 11 is 13.6. The highest BCUT2D eigenvalue weighted by Crippen LogP contribution is 2.21. The average Bonchev–Trinajstić information content (AvgIpc) is 3.04. The molecule has 0 saturated carbocycles. The van der Waals surface area contributed by atoms with Crippen molar-refractivity contribution in [1.82, 2.24) is 15.3 Å². The third-order valence-corrected chi connectivity index (χ3v) is 5.47. The van der Waals surface area contributed by atoms with Crippen molar-refractivity contribution in [1.29, 1.82) is 0 Å². The third kappa shape index (κ3) is 5.44. The first-order chi connectivity index (χ1) is 13.9. The van der Waals surface area contributed by atoms with Gasteiger partial charge in [-0.2, -0.15) is 11.8 Å². The van der Waals surface area contributed by atoms with E-state index in [0.29, 0.717) is 22.9 Å². The zero-order chi connectivity index (χ0) is 21.0. The van der Waals surface area contributed by atoms with E-state index in [2.05, 4.69) is 20.6 Å². The Morgan fingerprint density at radius 1 is 1.21 bits per heavy atom. The van der Waals surface area contributed by atoms with E-state index in [0.717, 1.165) is 16.9 Å². The van der Waals surface area contributed by atoms with Gasteiger partial charge in [-0.25, -0.2) is 4.98 Å². The van der Waals surface area contributed by atoms with Gasteiger partial charge in [0.2, 0.25) is 5.91 Å². The number of aromatic amines is 1. The SMILES string of the molecule is CSCCC(NC(=O)c1ccc(Cl)cc1Cl)C(=O)Nc1ccc2nc(C)[nH]c2c1. The lowest BCUT2D eigenvalue weighted by atomic mass is 10.1. The lowest BCUT2D eigenvalue weighted by Gasteiger charge is -2.18. The van der Waals surface area contributed by atoms with Gasteiger partial charge in [-0.1, -0.05) is 23.2 Å². The van der Waals surface area contributed by atoms with E-state index in [1.54, 1.807) is 23.9 Å². The number of amides is 2. The minimum atomic E-state index is -0.708. The summed E-state index contributed by atoms with van der Waals surface area (Å²) in [5.74, 6) is 0.792. The van der Waals surface area contributed by atoms with Crippen LogP contribution >= 0.6 is 35.0 Å². The Balaban J connectivity index is 1.75. The highest BCUT2D eigenvalue weighted by Gasteiger charge is 2.22. The molecular weight excluding hydrogens is 431 g/mol. The van der Waals surface area contributed by atoms with Crippen LogP contribution < -0.4 is 10.6 Å². The molecule has 1 unspecified atom stereocenters. The zero-order valence-corrected chi connectivity index (χ0v) is 18.2. The molecule has 1 atom stereocenters. The molecule has 3 N–H and O–H groups in total. The van der Waals surface area contributed by atoms with Crippen LogP contribution in [0.5, 0.6) is 0 Å². The maximum absolute atomic E-state index is 12.9. The minimum absolute atomic E-state index is 0.235. The number of rotatable bonds is 7. The van der Waals surface area contributed by atoms with Gasteiger partial charge in [-0.15, -0.1) is 0 Å². The quantitative estimate of drug-likeness (QED) is 0.487. The Morgan fingerprint density at radius 2 is 2.00 bits per heavy atom. The summed E-state index contributed by atoms with van der Waals surface area (Å²) in [7, 11) is 0. The molecule has 2 aromatic carbocycles. The van der Waals surface area contributed by atoms with Crippen molar-refractivity contribution in [2.45, 2.75) is 19.4 Å². The van der Waals surface area contributed by atoms with Crippen molar-refractivity contribution in [3.8, 4) is 0 Å². The number of hydrogen-bond acceptors (Lipinski definition) is 4. The highest BCUT2D eigenvalue weighted by atomic mass is 35.5. The van der Waals surface area contributed by atoms with Crippen molar-refractivity contribution in [2.75, 3.05) is 17.3 Å². The second-order valence-electron chi connectivity index (χ2n) is 6.48. The maximum Gasteiger partial charge on any atom is 0.253 e. The number of thioether (sulfide) groups is 1. The minimum Gasteiger partial charge on any atom is -0.342 e. The van der Waals surface area contributed by atoms with Gasteiger partial charge in [0.15, 0.2) is 0 Å². The predicted molar refractivity (Wildman–Crippen MR) is 120 cm³/mol. The van der Waals surface area contributed by atoms with Crippen molar-refractivity contribution in [3.05, 3.63) is 57.8 Å². The number of imidazole rings is 1. The average molecular weight is 451 g/mol. The molecule has 9 heteroatoms. The topological polar surface area (TPSA) is 86.9 Å². The summed E-state index contributed by atoms with van der Waals surface area (Å²) in [6.45, 7) is 1.87. The molecule has 0 saturated heterocycles. The number of nitrogens with zero attached hydrogens (tertiary/aromatic N) is 1. The van der Waals surface area contributed by atoms with E-state index in [-0.39, 0.29) is 16.5 Å². The first kappa shape index (κ1) is 21.5. The van der Waals surface area contributed by atoms with Crippen LogP contribution in [-0.4, -0.2) is 39.8 Å². The van der Waals surface area contributed by atoms with Crippen molar-refractivity contribution >= 4 is 63.5 Å². The van der Waals surface area contributed by atoms with Gasteiger partial charge in [0.25, 0.3) is 5.91 Å². The smallest absolute Gasteiger partial charge is 0.253 e. The number of benzene rings is 2. The summed E-state index contributed by atoms with van der Waals surface area (Å²) in [4.78, 5) is 33.0. The maximum atomic E-state index is 12.9. The van der Waals surface area contributed by atoms with Crippen LogP contribution in [0.4, 0.5) is 5.69 Å². The molecule has 1 heterocycles. The van der Waals surface area contributed by atoms with Crippen LogP contribution in [0.25, 0.3) is 11.0 Å². The van der Waals surface area contributed by atoms with Gasteiger partial charge in [-0.3, -0.25) is 9.59 Å². The van der Waals surface area contributed by atoms with Crippen LogP contribution in [0.3, 0.4) is 0 Å². The molecule has 0 aliphatic carbocycles. The third-order valence-electron chi connectivity index (χ3n) is 4.28. The molecule has 0 fully saturated rings. The second kappa shape index (κ2) is 9.52. The van der Waals surface area contributed by atoms with Crippen LogP contribution in [0.2, 0.25) is 10.0 Å². The van der Waals surface area contributed by atoms with Gasteiger partial charge in [0, 0.05) is 10.7 Å². The number of anilines is 1. The molecular formula is C20H20Cl2N4O2S. The number of fused-ring (bicyclic) bond motifs is 1. The van der Waals surface area contributed by atoms with Crippen LogP contribution in [0.1, 0.15) is 22.6 Å². The molecule has 1 aromatic heterocycles. The summed E-state index contributed by atoms with van der Waals surface area (Å²) in [6, 6.07) is 9.34. The highest BCUT2D eigenvalue weighted by molar-refractivity contribution is 7.98. The first-order valence-electron chi connectivity index (χ1n) is 8.89. The second-order valence-corrected chi connectivity index (χ2v) is 8.30. The first-order valence-corrected chi connectivity index (χ1v) is 11.0. The van der Waals surface area contributed by atoms with E-state index >= 15 is 0 Å². The molecule has 3 aromatic rings. The van der Waals surface area contributed by atoms with Gasteiger partial charge in [0.05, 0.1) is 21.6 Å². The Morgan fingerprint density at radius 3 is 2.72 bits per heavy atom. The fraction of sp³-hybridized carbons (Fsp3) is 0.250. The van der Waals surface area contributed by atoms with Gasteiger partial charge < -0.3 is 15.6 Å². The molecule has 0 bridgehead atoms. The molecule has 29 heavy (non-hydrogen) atoms. The molecule has 0 spiro atoms. The molecule has 3 rings (SSSR count). The van der Waals surface area contributed by atoms with E-state index in [9.17, 15) is 9.59 Å². The Hall–Kier alpha value is -2.22. The van der Waals surface area contributed by atoms with Crippen LogP contribution in [0, 0.1) is 6.92 Å². The molecule has 0 radical (unpaired) electrons. The lowest BCUT2D eigenvalue weighted by molar-refractivity contribution is -0.118. The fourth-order valence-corrected chi connectivity index (χ4v) is 3.82. The number of aryl methyl sites for hydroxylation is 1. The standard InChI is InChI=1S/C20H20Cl2N4O2S/c1-11-23-16-6-4-13(10-18(16)24-11)25-20(28)17(7-8-29-2)26-19(27)14-5-3-12(21)9-15(14)22/h3-6,9-10,17H,7-8H2,1-2H3,(H,23,24)(H,25,28)(H,26,27). The number of aromatic nitrogens is 2. The monoisotopic (exact) mass is 450 g/mol. The largest absolute Gasteiger partial charge is 0.342 e. The predicted octanol–water partition coefficient (Wildman–Crippen LogP) is 4.67. The van der Waals surface area contributed by atoms with Gasteiger partial charge in [-0.05, 0) is 61.8 Å². The van der Waals surface area contributed by atoms with E-state index in [1.807, 2.05) is 25.3 Å². The van der Waals surface area contributed by atoms with E-state index < -0.39 is 11.9 Å². The van der Waals surface area contributed by atoms with E-state index in [4.69, 9.17) is 23.2 Å². The van der Waals surface area contributed by atoms with Crippen molar-refractivity contribution in [3.63, 3.8) is 0 Å². The number of hydrogen-bond donors (Lipinski definition) is 3. The van der Waals surface area contributed by atoms with Gasteiger partial charge >= 0.3 is 0 Å². The summed E-state index contributed by atoms with van der Waals surface area (Å²) < 4.78 is 0. The number of nitrogens with one attached hydrogen (secondary N) is 3. The summed E-state index contributed by atoms with van der Waals surface area (Å²) in [6.07, 6.45) is 2.43. The molecule has 2 amide bonds. The molecule has 0 aliphatic rings. The molecule has 0 aliphatic heterocycles. The summed E-state index contributed by atoms with van der Waals surface area (Å²) in [5.41, 5.74) is 2.55. The Kier molecular flexibility index (Phi) is 7.05. The molecule has 6 nitrogen and oxygen atoms in total. The van der Waals surface area contributed by atoms with Crippen LogP contribution in [-0.2, 0) is 4.79 Å². The fourth-order valence-electron chi connectivity index (χ4n) is 2.86. The Labute approximate surface area is 182 Å². The van der Waals surface area contributed by atoms with E-state index in [1.165, 1.54) is 12.1 Å². The zero-order valence-electron chi connectivity index (χ0n) is 15.9. The normalized spacial score (nSPS) is 12.0. The summed E-state index contributed by atoms with van der Waals surface area (Å²) in [5, 5.41) is 6.32. The number of carbonyl (C=O) groups is 2. The van der Waals surface area contributed by atoms with Crippen LogP contribution in [0.15, 0.2) is 36.4 Å². The Bertz CT molecular complexity index is 1050. The molecule has 152 valence electrons.